The maximum atomic E-state index is 11.4. The van der Waals surface area contributed by atoms with E-state index in [1.165, 1.54) is 6.42 Å². The summed E-state index contributed by atoms with van der Waals surface area (Å²) < 4.78 is 10.4. The molecule has 0 aliphatic heterocycles. The zero-order valence-electron chi connectivity index (χ0n) is 12.5. The van der Waals surface area contributed by atoms with Gasteiger partial charge in [0.25, 0.3) is 0 Å². The first kappa shape index (κ1) is 17.4. The second-order valence-corrected chi connectivity index (χ2v) is 5.93. The van der Waals surface area contributed by atoms with E-state index in [1.807, 2.05) is 20.8 Å². The highest BCUT2D eigenvalue weighted by Crippen LogP contribution is 2.14. The topological polar surface area (TPSA) is 47.6 Å². The Balaban J connectivity index is 3.24. The molecule has 0 fully saturated rings. The number of ether oxygens (including phenoxy) is 2. The molecule has 0 aliphatic rings. The van der Waals surface area contributed by atoms with E-state index in [1.54, 1.807) is 0 Å². The lowest BCUT2D eigenvalue weighted by Gasteiger charge is -2.16. The maximum Gasteiger partial charge on any atom is 0.311 e. The van der Waals surface area contributed by atoms with Crippen LogP contribution in [0.4, 0.5) is 0 Å². The van der Waals surface area contributed by atoms with Crippen molar-refractivity contribution in [3.8, 4) is 0 Å². The third-order valence-corrected chi connectivity index (χ3v) is 2.39. The van der Waals surface area contributed by atoms with E-state index in [9.17, 15) is 4.79 Å². The molecule has 0 aromatic heterocycles. The van der Waals surface area contributed by atoms with Crippen LogP contribution in [0.1, 0.15) is 41.0 Å². The molecule has 18 heavy (non-hydrogen) atoms. The monoisotopic (exact) mass is 259 g/mol. The summed E-state index contributed by atoms with van der Waals surface area (Å²) in [6.07, 6.45) is 1.18. The fraction of sp³-hybridized carbons (Fsp3) is 0.929. The van der Waals surface area contributed by atoms with Crippen molar-refractivity contribution in [3.63, 3.8) is 0 Å². The number of carbonyl (C=O) groups excluding carboxylic acids is 1. The molecule has 0 bridgehead atoms. The molecule has 4 nitrogen and oxygen atoms in total. The highest BCUT2D eigenvalue weighted by Gasteiger charge is 2.22. The molecular formula is C14H29NO3. The first-order chi connectivity index (χ1) is 8.34. The van der Waals surface area contributed by atoms with Gasteiger partial charge in [0.05, 0.1) is 18.6 Å². The van der Waals surface area contributed by atoms with Crippen molar-refractivity contribution in [2.24, 2.45) is 11.3 Å². The second-order valence-electron chi connectivity index (χ2n) is 5.93. The summed E-state index contributed by atoms with van der Waals surface area (Å²) in [5, 5.41) is 3.31. The second kappa shape index (κ2) is 9.34. The van der Waals surface area contributed by atoms with Crippen molar-refractivity contribution >= 4 is 5.97 Å². The summed E-state index contributed by atoms with van der Waals surface area (Å²) >= 11 is 0. The van der Waals surface area contributed by atoms with Crippen LogP contribution in [-0.2, 0) is 14.3 Å². The normalized spacial score (nSPS) is 11.9. The standard InChI is InChI=1S/C14H29NO3/c1-12(2)6-7-15-8-9-17-10-11-18-13(16)14(3,4)5/h12,15H,6-11H2,1-5H3. The molecule has 0 unspecified atom stereocenters. The van der Waals surface area contributed by atoms with E-state index >= 15 is 0 Å². The van der Waals surface area contributed by atoms with Gasteiger partial charge in [-0.15, -0.1) is 0 Å². The van der Waals surface area contributed by atoms with Crippen molar-refractivity contribution in [1.29, 1.82) is 0 Å². The van der Waals surface area contributed by atoms with Crippen LogP contribution in [0.15, 0.2) is 0 Å². The van der Waals surface area contributed by atoms with Crippen LogP contribution < -0.4 is 5.32 Å². The van der Waals surface area contributed by atoms with Crippen LogP contribution in [0, 0.1) is 11.3 Å². The van der Waals surface area contributed by atoms with Gasteiger partial charge in [0, 0.05) is 6.54 Å². The van der Waals surface area contributed by atoms with E-state index in [0.29, 0.717) is 19.8 Å². The Bertz CT molecular complexity index is 222. The Morgan fingerprint density at radius 1 is 1.11 bits per heavy atom. The average Bonchev–Trinajstić information content (AvgIpc) is 2.24. The maximum absolute atomic E-state index is 11.4. The summed E-state index contributed by atoms with van der Waals surface area (Å²) in [7, 11) is 0. The van der Waals surface area contributed by atoms with Crippen molar-refractivity contribution in [2.75, 3.05) is 32.9 Å². The van der Waals surface area contributed by atoms with Gasteiger partial charge in [-0.3, -0.25) is 4.79 Å². The lowest BCUT2D eigenvalue weighted by Crippen LogP contribution is -2.25. The van der Waals surface area contributed by atoms with Gasteiger partial charge < -0.3 is 14.8 Å². The molecule has 0 spiro atoms. The van der Waals surface area contributed by atoms with Crippen LogP contribution in [0.25, 0.3) is 0 Å². The van der Waals surface area contributed by atoms with Crippen LogP contribution in [-0.4, -0.2) is 38.9 Å². The Morgan fingerprint density at radius 3 is 2.33 bits per heavy atom. The predicted molar refractivity (Wildman–Crippen MR) is 73.6 cm³/mol. The minimum absolute atomic E-state index is 0.179. The smallest absolute Gasteiger partial charge is 0.311 e. The Kier molecular flexibility index (Phi) is 9.02. The van der Waals surface area contributed by atoms with Crippen LogP contribution in [0.2, 0.25) is 0 Å². The minimum atomic E-state index is -0.432. The van der Waals surface area contributed by atoms with Crippen LogP contribution in [0.3, 0.4) is 0 Å². The van der Waals surface area contributed by atoms with Crippen molar-refractivity contribution in [2.45, 2.75) is 41.0 Å². The number of hydrogen-bond acceptors (Lipinski definition) is 4. The first-order valence-corrected chi connectivity index (χ1v) is 6.79. The summed E-state index contributed by atoms with van der Waals surface area (Å²) in [5.74, 6) is 0.552. The Labute approximate surface area is 111 Å². The molecule has 0 aromatic carbocycles. The van der Waals surface area contributed by atoms with E-state index in [4.69, 9.17) is 9.47 Å². The van der Waals surface area contributed by atoms with Gasteiger partial charge in [0.15, 0.2) is 0 Å². The lowest BCUT2D eigenvalue weighted by atomic mass is 9.97. The van der Waals surface area contributed by atoms with Gasteiger partial charge in [-0.2, -0.15) is 0 Å². The summed E-state index contributed by atoms with van der Waals surface area (Å²) in [6.45, 7) is 13.3. The first-order valence-electron chi connectivity index (χ1n) is 6.79. The van der Waals surface area contributed by atoms with Gasteiger partial charge in [-0.05, 0) is 39.7 Å². The number of nitrogens with one attached hydrogen (secondary N) is 1. The summed E-state index contributed by atoms with van der Waals surface area (Å²) in [5.41, 5.74) is -0.432. The Morgan fingerprint density at radius 2 is 1.78 bits per heavy atom. The zero-order valence-corrected chi connectivity index (χ0v) is 12.5. The van der Waals surface area contributed by atoms with E-state index in [0.717, 1.165) is 19.0 Å². The largest absolute Gasteiger partial charge is 0.463 e. The number of carbonyl (C=O) groups is 1. The molecule has 0 atom stereocenters. The van der Waals surface area contributed by atoms with Gasteiger partial charge in [-0.1, -0.05) is 13.8 Å². The summed E-state index contributed by atoms with van der Waals surface area (Å²) in [4.78, 5) is 11.4. The molecule has 0 aromatic rings. The van der Waals surface area contributed by atoms with E-state index in [-0.39, 0.29) is 5.97 Å². The SMILES string of the molecule is CC(C)CCNCCOCCOC(=O)C(C)(C)C. The molecule has 0 aliphatic carbocycles. The zero-order chi connectivity index (χ0) is 14.0. The molecule has 0 radical (unpaired) electrons. The molecule has 1 N–H and O–H groups in total. The van der Waals surface area contributed by atoms with Gasteiger partial charge >= 0.3 is 5.97 Å². The molecular weight excluding hydrogens is 230 g/mol. The summed E-state index contributed by atoms with van der Waals surface area (Å²) in [6, 6.07) is 0. The molecule has 4 heteroatoms. The number of rotatable bonds is 9. The fourth-order valence-corrected chi connectivity index (χ4v) is 1.17. The lowest BCUT2D eigenvalue weighted by molar-refractivity contribution is -0.154. The van der Waals surface area contributed by atoms with Gasteiger partial charge in [0.1, 0.15) is 6.61 Å². The van der Waals surface area contributed by atoms with Crippen molar-refractivity contribution in [1.82, 2.24) is 5.32 Å². The Hall–Kier alpha value is -0.610. The highest BCUT2D eigenvalue weighted by molar-refractivity contribution is 5.75. The van der Waals surface area contributed by atoms with Crippen LogP contribution in [0.5, 0.6) is 0 Å². The van der Waals surface area contributed by atoms with E-state index in [2.05, 4.69) is 19.2 Å². The molecule has 0 rings (SSSR count). The quantitative estimate of drug-likeness (QED) is 0.509. The molecule has 0 amide bonds. The molecule has 0 heterocycles. The predicted octanol–water partition coefficient (Wildman–Crippen LogP) is 2.23. The third-order valence-electron chi connectivity index (χ3n) is 2.39. The third kappa shape index (κ3) is 10.5. The van der Waals surface area contributed by atoms with Crippen molar-refractivity contribution < 1.29 is 14.3 Å². The molecule has 108 valence electrons. The highest BCUT2D eigenvalue weighted by atomic mass is 16.6. The average molecular weight is 259 g/mol. The molecule has 0 saturated carbocycles. The van der Waals surface area contributed by atoms with Crippen molar-refractivity contribution in [3.05, 3.63) is 0 Å². The number of esters is 1. The van der Waals surface area contributed by atoms with Gasteiger partial charge in [-0.25, -0.2) is 0 Å². The minimum Gasteiger partial charge on any atom is -0.463 e. The fourth-order valence-electron chi connectivity index (χ4n) is 1.17. The van der Waals surface area contributed by atoms with E-state index < -0.39 is 5.41 Å². The van der Waals surface area contributed by atoms with Gasteiger partial charge in [0.2, 0.25) is 0 Å². The van der Waals surface area contributed by atoms with Crippen LogP contribution >= 0.6 is 0 Å². The molecule has 0 saturated heterocycles. The number of hydrogen-bond donors (Lipinski definition) is 1.